The summed E-state index contributed by atoms with van der Waals surface area (Å²) in [6.07, 6.45) is 0. The molecule has 5 nitrogen and oxygen atoms in total. The van der Waals surface area contributed by atoms with Gasteiger partial charge in [0.15, 0.2) is 7.80 Å². The molecule has 1 atom stereocenters. The van der Waals surface area contributed by atoms with E-state index in [2.05, 4.69) is 0 Å². The van der Waals surface area contributed by atoms with Gasteiger partial charge in [-0.15, -0.1) is 0 Å². The van der Waals surface area contributed by atoms with Crippen LogP contribution in [0.2, 0.25) is 0 Å². The average Bonchev–Trinajstić information content (AvgIpc) is 2.81. The van der Waals surface area contributed by atoms with Crippen molar-refractivity contribution in [2.75, 3.05) is 14.2 Å². The lowest BCUT2D eigenvalue weighted by Gasteiger charge is -2.18. The Bertz CT molecular complexity index is 1230. The van der Waals surface area contributed by atoms with Crippen molar-refractivity contribution in [1.82, 2.24) is 0 Å². The van der Waals surface area contributed by atoms with Crippen molar-refractivity contribution in [3.63, 3.8) is 0 Å². The summed E-state index contributed by atoms with van der Waals surface area (Å²) < 4.78 is 24.5. The number of carbonyl (C=O) groups is 2. The summed E-state index contributed by atoms with van der Waals surface area (Å²) in [6.45, 7) is 7.65. The highest BCUT2D eigenvalue weighted by Gasteiger charge is 2.29. The second-order valence-electron chi connectivity index (χ2n) is 7.71. The zero-order valence-electron chi connectivity index (χ0n) is 19.2. The fraction of sp³-hybridized carbons (Fsp3) is 0.231. The van der Waals surface area contributed by atoms with Gasteiger partial charge in [-0.25, -0.2) is 0 Å². The third kappa shape index (κ3) is 4.13. The average molecular weight is 450 g/mol. The van der Waals surface area contributed by atoms with E-state index in [9.17, 15) is 14.2 Å². The smallest absolute Gasteiger partial charge is 0.223 e. The SMILES string of the molecule is COc1ccc([PH](=O)C(=O)c2c(C)cc(C)c(C)c2C)c(OC)c1C(=O)c1ccccc1. The fourth-order valence-corrected chi connectivity index (χ4v) is 5.47. The Balaban J connectivity index is 2.17. The molecular weight excluding hydrogens is 423 g/mol. The standard InChI is InChI=1S/C26H27O5P/c1-15-14-16(2)22(18(4)17(15)3)26(28)32(29)21-13-12-20(30-5)23(25(21)31-6)24(27)19-10-8-7-9-11-19/h7-14,32H,1-6H3. The van der Waals surface area contributed by atoms with Gasteiger partial charge in [0.1, 0.15) is 17.1 Å². The number of hydrogen-bond donors (Lipinski definition) is 0. The van der Waals surface area contributed by atoms with Crippen LogP contribution < -0.4 is 14.8 Å². The van der Waals surface area contributed by atoms with Crippen LogP contribution in [0.3, 0.4) is 0 Å². The van der Waals surface area contributed by atoms with Crippen molar-refractivity contribution in [2.45, 2.75) is 27.7 Å². The molecule has 3 rings (SSSR count). The van der Waals surface area contributed by atoms with Crippen LogP contribution in [0.15, 0.2) is 48.5 Å². The minimum absolute atomic E-state index is 0.106. The van der Waals surface area contributed by atoms with E-state index in [0.717, 1.165) is 22.3 Å². The molecule has 0 N–H and O–H groups in total. The first-order valence-electron chi connectivity index (χ1n) is 10.2. The van der Waals surface area contributed by atoms with E-state index in [1.54, 1.807) is 36.4 Å². The van der Waals surface area contributed by atoms with Gasteiger partial charge >= 0.3 is 0 Å². The van der Waals surface area contributed by atoms with Crippen molar-refractivity contribution in [2.24, 2.45) is 0 Å². The Hall–Kier alpha value is -3.17. The van der Waals surface area contributed by atoms with Gasteiger partial charge in [0.05, 0.1) is 19.5 Å². The number of hydrogen-bond acceptors (Lipinski definition) is 5. The van der Waals surface area contributed by atoms with Crippen molar-refractivity contribution in [3.05, 3.63) is 87.5 Å². The quantitative estimate of drug-likeness (QED) is 0.366. The Morgan fingerprint density at radius 3 is 2.03 bits per heavy atom. The first-order valence-corrected chi connectivity index (χ1v) is 11.6. The molecule has 0 aliphatic rings. The summed E-state index contributed by atoms with van der Waals surface area (Å²) in [4.78, 5) is 26.7. The van der Waals surface area contributed by atoms with E-state index in [4.69, 9.17) is 9.47 Å². The van der Waals surface area contributed by atoms with Gasteiger partial charge < -0.3 is 14.0 Å². The number of benzene rings is 3. The molecule has 0 heterocycles. The molecule has 32 heavy (non-hydrogen) atoms. The highest BCUT2D eigenvalue weighted by molar-refractivity contribution is 7.71. The highest BCUT2D eigenvalue weighted by Crippen LogP contribution is 2.39. The molecule has 0 radical (unpaired) electrons. The predicted molar refractivity (Wildman–Crippen MR) is 128 cm³/mol. The number of aryl methyl sites for hydroxylation is 2. The summed E-state index contributed by atoms with van der Waals surface area (Å²) in [5.74, 6) is 0.0664. The monoisotopic (exact) mass is 450 g/mol. The number of rotatable bonds is 7. The van der Waals surface area contributed by atoms with Crippen molar-refractivity contribution in [1.29, 1.82) is 0 Å². The van der Waals surface area contributed by atoms with Crippen LogP contribution in [0, 0.1) is 27.7 Å². The molecule has 0 aliphatic carbocycles. The van der Waals surface area contributed by atoms with E-state index >= 15 is 0 Å². The Morgan fingerprint density at radius 2 is 1.44 bits per heavy atom. The first kappa shape index (κ1) is 23.5. The van der Waals surface area contributed by atoms with Gasteiger partial charge in [-0.05, 0) is 62.1 Å². The van der Waals surface area contributed by atoms with Crippen molar-refractivity contribution >= 4 is 24.4 Å². The third-order valence-corrected chi connectivity index (χ3v) is 7.39. The lowest BCUT2D eigenvalue weighted by Crippen LogP contribution is -2.16. The summed E-state index contributed by atoms with van der Waals surface area (Å²) in [6, 6.07) is 13.7. The largest absolute Gasteiger partial charge is 0.496 e. The molecule has 0 saturated carbocycles. The Morgan fingerprint density at radius 1 is 0.781 bits per heavy atom. The molecule has 3 aromatic carbocycles. The minimum Gasteiger partial charge on any atom is -0.496 e. The van der Waals surface area contributed by atoms with Crippen LogP contribution in [-0.4, -0.2) is 25.5 Å². The van der Waals surface area contributed by atoms with Gasteiger partial charge in [0.2, 0.25) is 11.3 Å². The minimum atomic E-state index is -3.00. The molecule has 3 aromatic rings. The van der Waals surface area contributed by atoms with Gasteiger partial charge in [0.25, 0.3) is 0 Å². The van der Waals surface area contributed by atoms with Crippen LogP contribution >= 0.6 is 7.80 Å². The zero-order chi connectivity index (χ0) is 23.6. The Labute approximate surface area is 189 Å². The normalized spacial score (nSPS) is 11.7. The fourth-order valence-electron chi connectivity index (χ4n) is 3.94. The summed E-state index contributed by atoms with van der Waals surface area (Å²) in [7, 11) is -0.150. The highest BCUT2D eigenvalue weighted by atomic mass is 31.1. The number of carbonyl (C=O) groups excluding carboxylic acids is 2. The van der Waals surface area contributed by atoms with Crippen molar-refractivity contribution in [3.8, 4) is 11.5 Å². The molecule has 0 bridgehead atoms. The van der Waals surface area contributed by atoms with Crippen LogP contribution in [0.1, 0.15) is 48.5 Å². The topological polar surface area (TPSA) is 69.7 Å². The summed E-state index contributed by atoms with van der Waals surface area (Å²) in [5, 5.41) is 0.208. The predicted octanol–water partition coefficient (Wildman–Crippen LogP) is 5.19. The molecule has 0 aliphatic heterocycles. The maximum atomic E-state index is 13.5. The van der Waals surface area contributed by atoms with Gasteiger partial charge in [-0.1, -0.05) is 36.4 Å². The number of ether oxygens (including phenoxy) is 2. The lowest BCUT2D eigenvalue weighted by atomic mass is 9.95. The molecule has 1 unspecified atom stereocenters. The number of methoxy groups -OCH3 is 2. The van der Waals surface area contributed by atoms with E-state index in [-0.39, 0.29) is 22.4 Å². The van der Waals surface area contributed by atoms with Crippen LogP contribution in [0.5, 0.6) is 11.5 Å². The zero-order valence-corrected chi connectivity index (χ0v) is 20.2. The van der Waals surface area contributed by atoms with Crippen LogP contribution in [-0.2, 0) is 4.57 Å². The molecule has 0 spiro atoms. The van der Waals surface area contributed by atoms with Crippen LogP contribution in [0.4, 0.5) is 0 Å². The second-order valence-corrected chi connectivity index (χ2v) is 9.36. The van der Waals surface area contributed by atoms with Gasteiger partial charge in [-0.2, -0.15) is 0 Å². The molecule has 0 aromatic heterocycles. The molecule has 0 fully saturated rings. The number of ketones is 1. The van der Waals surface area contributed by atoms with Crippen LogP contribution in [0.25, 0.3) is 0 Å². The summed E-state index contributed by atoms with van der Waals surface area (Å²) in [5.41, 5.74) is 4.28. The van der Waals surface area contributed by atoms with Gasteiger partial charge in [-0.3, -0.25) is 9.59 Å². The molecule has 0 saturated heterocycles. The summed E-state index contributed by atoms with van der Waals surface area (Å²) >= 11 is 0. The Kier molecular flexibility index (Phi) is 7.00. The maximum absolute atomic E-state index is 13.5. The second kappa shape index (κ2) is 9.54. The molecule has 6 heteroatoms. The lowest BCUT2D eigenvalue weighted by molar-refractivity contribution is 0.103. The molecule has 0 amide bonds. The van der Waals surface area contributed by atoms with E-state index in [1.807, 2.05) is 39.8 Å². The van der Waals surface area contributed by atoms with E-state index in [0.29, 0.717) is 16.9 Å². The van der Waals surface area contributed by atoms with E-state index in [1.165, 1.54) is 14.2 Å². The molecular formula is C26H27O5P. The maximum Gasteiger partial charge on any atom is 0.223 e. The third-order valence-electron chi connectivity index (χ3n) is 5.84. The molecule has 166 valence electrons. The van der Waals surface area contributed by atoms with Gasteiger partial charge in [0, 0.05) is 11.1 Å². The van der Waals surface area contributed by atoms with E-state index < -0.39 is 13.3 Å². The van der Waals surface area contributed by atoms with Crippen molar-refractivity contribution < 1.29 is 23.6 Å². The first-order chi connectivity index (χ1) is 15.2.